The maximum atomic E-state index is 12.5. The number of carbonyl (C=O) groups excluding carboxylic acids is 1. The second kappa shape index (κ2) is 8.11. The lowest BCUT2D eigenvalue weighted by Gasteiger charge is -2.14. The highest BCUT2D eigenvalue weighted by atomic mass is 16.1. The summed E-state index contributed by atoms with van der Waals surface area (Å²) in [5, 5.41) is 7.47. The molecule has 0 aliphatic carbocycles. The number of rotatable bonds is 7. The van der Waals surface area contributed by atoms with Crippen molar-refractivity contribution in [1.82, 2.24) is 20.0 Å². The second-order valence-electron chi connectivity index (χ2n) is 6.76. The molecule has 0 radical (unpaired) electrons. The molecule has 0 saturated carbocycles. The fourth-order valence-corrected chi connectivity index (χ4v) is 2.67. The molecule has 1 N–H and O–H groups in total. The third kappa shape index (κ3) is 4.45. The van der Waals surface area contributed by atoms with E-state index in [2.05, 4.69) is 48.2 Å². The summed E-state index contributed by atoms with van der Waals surface area (Å²) >= 11 is 0. The number of aryl methyl sites for hydroxylation is 1. The van der Waals surface area contributed by atoms with Gasteiger partial charge in [-0.2, -0.15) is 5.10 Å². The van der Waals surface area contributed by atoms with Crippen molar-refractivity contribution in [3.05, 3.63) is 47.3 Å². The largest absolute Gasteiger partial charge is 0.352 e. The van der Waals surface area contributed by atoms with Crippen molar-refractivity contribution >= 4 is 5.91 Å². The monoisotopic (exact) mass is 328 g/mol. The van der Waals surface area contributed by atoms with E-state index in [4.69, 9.17) is 0 Å². The van der Waals surface area contributed by atoms with Gasteiger partial charge in [-0.3, -0.25) is 4.79 Å². The van der Waals surface area contributed by atoms with E-state index >= 15 is 0 Å². The zero-order chi connectivity index (χ0) is 17.7. The van der Waals surface area contributed by atoms with Crippen LogP contribution in [-0.4, -0.2) is 47.8 Å². The molecule has 1 aromatic carbocycles. The molecule has 0 spiro atoms. The van der Waals surface area contributed by atoms with Crippen LogP contribution in [0.5, 0.6) is 0 Å². The van der Waals surface area contributed by atoms with E-state index in [1.54, 1.807) is 6.20 Å². The molecule has 2 aromatic rings. The summed E-state index contributed by atoms with van der Waals surface area (Å²) in [4.78, 5) is 14.6. The fourth-order valence-electron chi connectivity index (χ4n) is 2.67. The van der Waals surface area contributed by atoms with Crippen LogP contribution in [0.15, 0.2) is 30.5 Å². The van der Waals surface area contributed by atoms with E-state index in [0.717, 1.165) is 24.3 Å². The molecule has 5 heteroatoms. The summed E-state index contributed by atoms with van der Waals surface area (Å²) in [6.07, 6.45) is 2.61. The average Bonchev–Trinajstić information content (AvgIpc) is 2.97. The Labute approximate surface area is 144 Å². The smallest absolute Gasteiger partial charge is 0.254 e. The predicted molar refractivity (Wildman–Crippen MR) is 97.9 cm³/mol. The van der Waals surface area contributed by atoms with E-state index in [9.17, 15) is 4.79 Å². The van der Waals surface area contributed by atoms with Gasteiger partial charge >= 0.3 is 0 Å². The summed E-state index contributed by atoms with van der Waals surface area (Å²) < 4.78 is 1.87. The first kappa shape index (κ1) is 18.2. The van der Waals surface area contributed by atoms with Crippen molar-refractivity contribution in [1.29, 1.82) is 0 Å². The van der Waals surface area contributed by atoms with E-state index in [-0.39, 0.29) is 11.8 Å². The molecule has 1 heterocycles. The van der Waals surface area contributed by atoms with Crippen LogP contribution in [0.3, 0.4) is 0 Å². The van der Waals surface area contributed by atoms with Gasteiger partial charge in [0.2, 0.25) is 0 Å². The van der Waals surface area contributed by atoms with Crippen molar-refractivity contribution < 1.29 is 4.79 Å². The van der Waals surface area contributed by atoms with Crippen LogP contribution in [0.25, 0.3) is 5.69 Å². The Morgan fingerprint density at radius 1 is 1.25 bits per heavy atom. The molecule has 1 aromatic heterocycles. The molecule has 0 aliphatic rings. The highest BCUT2D eigenvalue weighted by molar-refractivity contribution is 5.95. The molecule has 0 fully saturated rings. The molecular weight excluding hydrogens is 300 g/mol. The van der Waals surface area contributed by atoms with Crippen molar-refractivity contribution in [2.24, 2.45) is 0 Å². The van der Waals surface area contributed by atoms with Crippen molar-refractivity contribution in [3.8, 4) is 5.69 Å². The fraction of sp³-hybridized carbons (Fsp3) is 0.474. The van der Waals surface area contributed by atoms with Gasteiger partial charge in [0.1, 0.15) is 0 Å². The molecule has 0 unspecified atom stereocenters. The third-order valence-corrected chi connectivity index (χ3v) is 3.94. The molecule has 2 rings (SSSR count). The minimum atomic E-state index is -0.0455. The average molecular weight is 328 g/mol. The van der Waals surface area contributed by atoms with Crippen LogP contribution in [-0.2, 0) is 0 Å². The lowest BCUT2D eigenvalue weighted by molar-refractivity contribution is 0.0951. The van der Waals surface area contributed by atoms with Gasteiger partial charge in [0.25, 0.3) is 5.91 Å². The van der Waals surface area contributed by atoms with Crippen LogP contribution < -0.4 is 5.32 Å². The van der Waals surface area contributed by atoms with Gasteiger partial charge in [0, 0.05) is 6.54 Å². The van der Waals surface area contributed by atoms with Crippen molar-refractivity contribution in [2.75, 3.05) is 27.2 Å². The predicted octanol–water partition coefficient (Wildman–Crippen LogP) is 2.99. The number of hydrogen-bond acceptors (Lipinski definition) is 3. The van der Waals surface area contributed by atoms with Crippen LogP contribution in [0.2, 0.25) is 0 Å². The summed E-state index contributed by atoms with van der Waals surface area (Å²) in [6.45, 7) is 7.86. The number of amides is 1. The van der Waals surface area contributed by atoms with Gasteiger partial charge < -0.3 is 10.2 Å². The van der Waals surface area contributed by atoms with Gasteiger partial charge in [0.05, 0.1) is 23.1 Å². The molecule has 0 atom stereocenters. The lowest BCUT2D eigenvalue weighted by Crippen LogP contribution is -2.28. The van der Waals surface area contributed by atoms with Crippen LogP contribution in [0.1, 0.15) is 47.8 Å². The summed E-state index contributed by atoms with van der Waals surface area (Å²) in [6, 6.07) is 8.18. The topological polar surface area (TPSA) is 50.2 Å². The Balaban J connectivity index is 2.19. The molecule has 130 valence electrons. The number of aromatic nitrogens is 2. The van der Waals surface area contributed by atoms with Crippen LogP contribution >= 0.6 is 0 Å². The molecule has 24 heavy (non-hydrogen) atoms. The maximum Gasteiger partial charge on any atom is 0.254 e. The maximum absolute atomic E-state index is 12.5. The highest BCUT2D eigenvalue weighted by Gasteiger charge is 2.20. The number of carbonyl (C=O) groups is 1. The molecule has 5 nitrogen and oxygen atoms in total. The minimum absolute atomic E-state index is 0.0455. The van der Waals surface area contributed by atoms with E-state index in [1.807, 2.05) is 30.9 Å². The lowest BCUT2D eigenvalue weighted by atomic mass is 10.0. The van der Waals surface area contributed by atoms with Crippen molar-refractivity contribution in [3.63, 3.8) is 0 Å². The Morgan fingerprint density at radius 2 is 1.92 bits per heavy atom. The van der Waals surface area contributed by atoms with Crippen LogP contribution in [0, 0.1) is 6.92 Å². The standard InChI is InChI=1S/C19H28N4O/c1-14(2)18-17(19(24)20-11-6-12-22(4)5)13-21-23(18)16-9-7-15(3)8-10-16/h7-10,13-14H,6,11-12H2,1-5H3,(H,20,24). The summed E-state index contributed by atoms with van der Waals surface area (Å²) in [7, 11) is 4.06. The van der Waals surface area contributed by atoms with Gasteiger partial charge in [-0.1, -0.05) is 31.5 Å². The van der Waals surface area contributed by atoms with E-state index in [1.165, 1.54) is 5.56 Å². The first-order valence-electron chi connectivity index (χ1n) is 8.48. The van der Waals surface area contributed by atoms with Gasteiger partial charge in [-0.05, 0) is 52.0 Å². The summed E-state index contributed by atoms with van der Waals surface area (Å²) in [5.41, 5.74) is 3.80. The van der Waals surface area contributed by atoms with E-state index < -0.39 is 0 Å². The molecule has 0 bridgehead atoms. The van der Waals surface area contributed by atoms with Gasteiger partial charge in [-0.25, -0.2) is 4.68 Å². The normalized spacial score (nSPS) is 11.3. The van der Waals surface area contributed by atoms with Crippen LogP contribution in [0.4, 0.5) is 0 Å². The molecule has 0 saturated heterocycles. The first-order valence-corrected chi connectivity index (χ1v) is 8.48. The third-order valence-electron chi connectivity index (χ3n) is 3.94. The van der Waals surface area contributed by atoms with Gasteiger partial charge in [0.15, 0.2) is 0 Å². The van der Waals surface area contributed by atoms with Crippen molar-refractivity contribution in [2.45, 2.75) is 33.1 Å². The van der Waals surface area contributed by atoms with E-state index in [0.29, 0.717) is 12.1 Å². The Kier molecular flexibility index (Phi) is 6.15. The number of nitrogens with zero attached hydrogens (tertiary/aromatic N) is 3. The molecule has 0 aliphatic heterocycles. The minimum Gasteiger partial charge on any atom is -0.352 e. The molecular formula is C19H28N4O. The summed E-state index contributed by atoms with van der Waals surface area (Å²) in [5.74, 6) is 0.159. The Morgan fingerprint density at radius 3 is 2.50 bits per heavy atom. The number of nitrogens with one attached hydrogen (secondary N) is 1. The number of hydrogen-bond donors (Lipinski definition) is 1. The first-order chi connectivity index (χ1) is 11.4. The number of benzene rings is 1. The Bertz CT molecular complexity index is 671. The zero-order valence-corrected chi connectivity index (χ0v) is 15.3. The second-order valence-corrected chi connectivity index (χ2v) is 6.76. The van der Waals surface area contributed by atoms with Gasteiger partial charge in [-0.15, -0.1) is 0 Å². The Hall–Kier alpha value is -2.14. The quantitative estimate of drug-likeness (QED) is 0.795. The highest BCUT2D eigenvalue weighted by Crippen LogP contribution is 2.23. The zero-order valence-electron chi connectivity index (χ0n) is 15.3. The SMILES string of the molecule is Cc1ccc(-n2ncc(C(=O)NCCCN(C)C)c2C(C)C)cc1. The molecule has 1 amide bonds.